The SMILES string of the molecule is CCCOc1ccc(C(=O)CCC(=O)NCc2ccccc2COC(C)C)cc1. The van der Waals surface area contributed by atoms with Gasteiger partial charge in [0.15, 0.2) is 5.78 Å². The minimum absolute atomic E-state index is 0.0482. The lowest BCUT2D eigenvalue weighted by Crippen LogP contribution is -2.24. The van der Waals surface area contributed by atoms with Gasteiger partial charge in [-0.3, -0.25) is 9.59 Å². The molecule has 0 aliphatic carbocycles. The molecule has 1 amide bonds. The molecule has 0 heterocycles. The summed E-state index contributed by atoms with van der Waals surface area (Å²) < 4.78 is 11.2. The first-order valence-corrected chi connectivity index (χ1v) is 10.2. The van der Waals surface area contributed by atoms with Crippen LogP contribution in [0.4, 0.5) is 0 Å². The zero-order chi connectivity index (χ0) is 21.1. The average Bonchev–Trinajstić information content (AvgIpc) is 2.74. The highest BCUT2D eigenvalue weighted by molar-refractivity contribution is 5.98. The molecule has 0 radical (unpaired) electrons. The summed E-state index contributed by atoms with van der Waals surface area (Å²) in [5.41, 5.74) is 2.68. The number of ether oxygens (including phenoxy) is 2. The molecule has 1 N–H and O–H groups in total. The number of carbonyl (C=O) groups excluding carboxylic acids is 2. The van der Waals surface area contributed by atoms with Crippen molar-refractivity contribution < 1.29 is 19.1 Å². The molecule has 2 aromatic carbocycles. The summed E-state index contributed by atoms with van der Waals surface area (Å²) in [4.78, 5) is 24.5. The zero-order valence-corrected chi connectivity index (χ0v) is 17.6. The van der Waals surface area contributed by atoms with Crippen LogP contribution in [-0.4, -0.2) is 24.4 Å². The van der Waals surface area contributed by atoms with Gasteiger partial charge in [-0.1, -0.05) is 31.2 Å². The van der Waals surface area contributed by atoms with Gasteiger partial charge in [0.25, 0.3) is 0 Å². The van der Waals surface area contributed by atoms with Crippen molar-refractivity contribution in [1.82, 2.24) is 5.32 Å². The second-order valence-corrected chi connectivity index (χ2v) is 7.20. The Bertz CT molecular complexity index is 784. The maximum atomic E-state index is 12.3. The molecule has 0 bridgehead atoms. The standard InChI is InChI=1S/C24H31NO4/c1-4-15-28-22-11-9-19(10-12-22)23(26)13-14-24(27)25-16-20-7-5-6-8-21(20)17-29-18(2)3/h5-12,18H,4,13-17H2,1-3H3,(H,25,27). The summed E-state index contributed by atoms with van der Waals surface area (Å²) in [5.74, 6) is 0.565. The molecule has 0 aliphatic heterocycles. The highest BCUT2D eigenvalue weighted by atomic mass is 16.5. The van der Waals surface area contributed by atoms with Crippen molar-refractivity contribution >= 4 is 11.7 Å². The summed E-state index contributed by atoms with van der Waals surface area (Å²) >= 11 is 0. The predicted molar refractivity (Wildman–Crippen MR) is 114 cm³/mol. The van der Waals surface area contributed by atoms with E-state index in [0.717, 1.165) is 23.3 Å². The Kier molecular flexibility index (Phi) is 9.38. The van der Waals surface area contributed by atoms with Crippen LogP contribution in [0.15, 0.2) is 48.5 Å². The summed E-state index contributed by atoms with van der Waals surface area (Å²) in [6.07, 6.45) is 1.43. The van der Waals surface area contributed by atoms with Gasteiger partial charge in [-0.25, -0.2) is 0 Å². The monoisotopic (exact) mass is 397 g/mol. The number of benzene rings is 2. The predicted octanol–water partition coefficient (Wildman–Crippen LogP) is 4.68. The molecule has 156 valence electrons. The largest absolute Gasteiger partial charge is 0.494 e. The highest BCUT2D eigenvalue weighted by Crippen LogP contribution is 2.15. The number of amides is 1. The van der Waals surface area contributed by atoms with Gasteiger partial charge >= 0.3 is 0 Å². The van der Waals surface area contributed by atoms with Crippen molar-refractivity contribution in [2.45, 2.75) is 59.3 Å². The first-order valence-electron chi connectivity index (χ1n) is 10.2. The van der Waals surface area contributed by atoms with Crippen LogP contribution in [0.3, 0.4) is 0 Å². The van der Waals surface area contributed by atoms with Gasteiger partial charge in [-0.15, -0.1) is 0 Å². The molecule has 29 heavy (non-hydrogen) atoms. The number of hydrogen-bond donors (Lipinski definition) is 1. The minimum Gasteiger partial charge on any atom is -0.494 e. The Labute approximate surface area is 173 Å². The molecule has 0 fully saturated rings. The summed E-state index contributed by atoms with van der Waals surface area (Å²) in [6, 6.07) is 15.0. The molecular weight excluding hydrogens is 366 g/mol. The summed E-state index contributed by atoms with van der Waals surface area (Å²) in [6.45, 7) is 7.62. The number of hydrogen-bond acceptors (Lipinski definition) is 4. The Morgan fingerprint density at radius 1 is 0.966 bits per heavy atom. The second-order valence-electron chi connectivity index (χ2n) is 7.20. The maximum absolute atomic E-state index is 12.3. The summed E-state index contributed by atoms with van der Waals surface area (Å²) in [7, 11) is 0. The second kappa shape index (κ2) is 12.0. The van der Waals surface area contributed by atoms with Crippen LogP contribution in [0.1, 0.15) is 61.5 Å². The minimum atomic E-state index is -0.138. The van der Waals surface area contributed by atoms with Gasteiger partial charge in [0.2, 0.25) is 5.91 Å². The lowest BCUT2D eigenvalue weighted by molar-refractivity contribution is -0.121. The maximum Gasteiger partial charge on any atom is 0.220 e. The molecule has 0 aromatic heterocycles. The van der Waals surface area contributed by atoms with Crippen LogP contribution in [0.2, 0.25) is 0 Å². The number of nitrogens with one attached hydrogen (secondary N) is 1. The van der Waals surface area contributed by atoms with Crippen LogP contribution in [0.25, 0.3) is 0 Å². The van der Waals surface area contributed by atoms with E-state index in [4.69, 9.17) is 9.47 Å². The van der Waals surface area contributed by atoms with E-state index in [0.29, 0.717) is 25.3 Å². The van der Waals surface area contributed by atoms with Crippen LogP contribution in [0, 0.1) is 0 Å². The van der Waals surface area contributed by atoms with Gasteiger partial charge < -0.3 is 14.8 Å². The molecule has 2 rings (SSSR count). The number of carbonyl (C=O) groups is 2. The van der Waals surface area contributed by atoms with Crippen LogP contribution < -0.4 is 10.1 Å². The molecule has 5 heteroatoms. The van der Waals surface area contributed by atoms with Gasteiger partial charge in [0, 0.05) is 24.9 Å². The molecule has 5 nitrogen and oxygen atoms in total. The van der Waals surface area contributed by atoms with Gasteiger partial charge in [0.05, 0.1) is 19.3 Å². The average molecular weight is 398 g/mol. The molecule has 2 aromatic rings. The lowest BCUT2D eigenvalue weighted by atomic mass is 10.1. The molecule has 0 saturated carbocycles. The van der Waals surface area contributed by atoms with Gasteiger partial charge in [-0.05, 0) is 55.7 Å². The van der Waals surface area contributed by atoms with Crippen molar-refractivity contribution in [2.75, 3.05) is 6.61 Å². The van der Waals surface area contributed by atoms with E-state index in [1.807, 2.05) is 45.0 Å². The Hall–Kier alpha value is -2.66. The van der Waals surface area contributed by atoms with Crippen LogP contribution >= 0.6 is 0 Å². The molecule has 0 aliphatic rings. The fourth-order valence-electron chi connectivity index (χ4n) is 2.74. The van der Waals surface area contributed by atoms with Crippen molar-refractivity contribution in [3.05, 3.63) is 65.2 Å². The van der Waals surface area contributed by atoms with E-state index in [2.05, 4.69) is 5.32 Å². The van der Waals surface area contributed by atoms with Crippen LogP contribution in [0.5, 0.6) is 5.75 Å². The number of rotatable bonds is 12. The number of Topliss-reactive ketones (excluding diaryl/α,β-unsaturated/α-hetero) is 1. The Morgan fingerprint density at radius 2 is 1.66 bits per heavy atom. The van der Waals surface area contributed by atoms with E-state index in [1.165, 1.54) is 0 Å². The fourth-order valence-corrected chi connectivity index (χ4v) is 2.74. The first kappa shape index (κ1) is 22.6. The molecule has 0 atom stereocenters. The Balaban J connectivity index is 1.79. The third-order valence-electron chi connectivity index (χ3n) is 4.39. The van der Waals surface area contributed by atoms with Crippen LogP contribution in [-0.2, 0) is 22.7 Å². The van der Waals surface area contributed by atoms with Crippen molar-refractivity contribution in [3.8, 4) is 5.75 Å². The van der Waals surface area contributed by atoms with Gasteiger partial charge in [-0.2, -0.15) is 0 Å². The smallest absolute Gasteiger partial charge is 0.220 e. The zero-order valence-electron chi connectivity index (χ0n) is 17.6. The van der Waals surface area contributed by atoms with E-state index < -0.39 is 0 Å². The summed E-state index contributed by atoms with van der Waals surface area (Å²) in [5, 5.41) is 2.90. The third-order valence-corrected chi connectivity index (χ3v) is 4.39. The Morgan fingerprint density at radius 3 is 2.31 bits per heavy atom. The van der Waals surface area contributed by atoms with E-state index in [1.54, 1.807) is 24.3 Å². The third kappa shape index (κ3) is 8.08. The highest BCUT2D eigenvalue weighted by Gasteiger charge is 2.11. The topological polar surface area (TPSA) is 64.6 Å². The van der Waals surface area contributed by atoms with E-state index in [9.17, 15) is 9.59 Å². The number of ketones is 1. The first-order chi connectivity index (χ1) is 14.0. The fraction of sp³-hybridized carbons (Fsp3) is 0.417. The van der Waals surface area contributed by atoms with Crippen molar-refractivity contribution in [2.24, 2.45) is 0 Å². The molecular formula is C24H31NO4. The van der Waals surface area contributed by atoms with Gasteiger partial charge in [0.1, 0.15) is 5.75 Å². The lowest BCUT2D eigenvalue weighted by Gasteiger charge is -2.13. The van der Waals surface area contributed by atoms with Crippen molar-refractivity contribution in [3.63, 3.8) is 0 Å². The molecule has 0 saturated heterocycles. The quantitative estimate of drug-likeness (QED) is 0.528. The van der Waals surface area contributed by atoms with Crippen molar-refractivity contribution in [1.29, 1.82) is 0 Å². The molecule has 0 unspecified atom stereocenters. The van der Waals surface area contributed by atoms with E-state index in [-0.39, 0.29) is 30.6 Å². The normalized spacial score (nSPS) is 10.8. The van der Waals surface area contributed by atoms with E-state index >= 15 is 0 Å². The molecule has 0 spiro atoms.